The van der Waals surface area contributed by atoms with E-state index in [4.69, 9.17) is 9.47 Å². The van der Waals surface area contributed by atoms with E-state index in [0.717, 1.165) is 11.1 Å². The first-order valence-corrected chi connectivity index (χ1v) is 9.80. The van der Waals surface area contributed by atoms with Crippen LogP contribution < -0.4 is 5.32 Å². The minimum atomic E-state index is -0.605. The maximum atomic E-state index is 12.4. The van der Waals surface area contributed by atoms with Crippen molar-refractivity contribution >= 4 is 18.1 Å². The van der Waals surface area contributed by atoms with Crippen molar-refractivity contribution in [3.63, 3.8) is 0 Å². The number of hydrogen-bond donors (Lipinski definition) is 1. The molecule has 2 aromatic carbocycles. The second-order valence-corrected chi connectivity index (χ2v) is 8.17. The van der Waals surface area contributed by atoms with Crippen LogP contribution in [0.25, 0.3) is 6.08 Å². The molecule has 1 heterocycles. The fourth-order valence-electron chi connectivity index (χ4n) is 3.25. The Morgan fingerprint density at radius 2 is 1.76 bits per heavy atom. The maximum Gasteiger partial charge on any atom is 0.408 e. The first-order chi connectivity index (χ1) is 13.8. The third kappa shape index (κ3) is 6.21. The number of carbonyl (C=O) groups is 2. The molecule has 1 saturated heterocycles. The number of cyclic esters (lactones) is 1. The third-order valence-electron chi connectivity index (χ3n) is 4.53. The molecule has 0 unspecified atom stereocenters. The van der Waals surface area contributed by atoms with Crippen LogP contribution in [-0.4, -0.2) is 29.8 Å². The molecule has 1 N–H and O–H groups in total. The van der Waals surface area contributed by atoms with Crippen LogP contribution in [-0.2, 0) is 20.7 Å². The predicted octanol–water partition coefficient (Wildman–Crippen LogP) is 4.52. The summed E-state index contributed by atoms with van der Waals surface area (Å²) in [5, 5.41) is 2.90. The number of amides is 1. The molecule has 29 heavy (non-hydrogen) atoms. The Hall–Kier alpha value is -3.08. The highest BCUT2D eigenvalue weighted by atomic mass is 16.6. The molecule has 152 valence electrons. The number of hydrogen-bond acceptors (Lipinski definition) is 4. The van der Waals surface area contributed by atoms with Gasteiger partial charge in [-0.15, -0.1) is 0 Å². The Morgan fingerprint density at radius 1 is 1.14 bits per heavy atom. The van der Waals surface area contributed by atoms with Crippen molar-refractivity contribution in [1.29, 1.82) is 0 Å². The molecular formula is C24H27NO4. The normalized spacial score (nSPS) is 18.9. The topological polar surface area (TPSA) is 64.6 Å². The number of esters is 1. The van der Waals surface area contributed by atoms with Crippen molar-refractivity contribution in [3.8, 4) is 0 Å². The van der Waals surface area contributed by atoms with E-state index < -0.39 is 23.8 Å². The van der Waals surface area contributed by atoms with Gasteiger partial charge in [-0.2, -0.15) is 0 Å². The summed E-state index contributed by atoms with van der Waals surface area (Å²) in [7, 11) is 0. The summed E-state index contributed by atoms with van der Waals surface area (Å²) in [4.78, 5) is 24.8. The van der Waals surface area contributed by atoms with E-state index >= 15 is 0 Å². The lowest BCUT2D eigenvalue weighted by atomic mass is 9.97. The van der Waals surface area contributed by atoms with Crippen molar-refractivity contribution in [3.05, 3.63) is 77.4 Å². The van der Waals surface area contributed by atoms with Crippen molar-refractivity contribution in [2.75, 3.05) is 0 Å². The quantitative estimate of drug-likeness (QED) is 0.599. The lowest BCUT2D eigenvalue weighted by molar-refractivity contribution is -0.139. The fourth-order valence-corrected chi connectivity index (χ4v) is 3.25. The summed E-state index contributed by atoms with van der Waals surface area (Å²) in [5.74, 6) is -0.345. The van der Waals surface area contributed by atoms with Crippen LogP contribution >= 0.6 is 0 Å². The number of benzene rings is 2. The van der Waals surface area contributed by atoms with Crippen LogP contribution in [0.15, 0.2) is 66.2 Å². The van der Waals surface area contributed by atoms with E-state index in [0.29, 0.717) is 18.4 Å². The molecular weight excluding hydrogens is 366 g/mol. The number of ether oxygens (including phenoxy) is 2. The molecule has 5 heteroatoms. The fraction of sp³-hybridized carbons (Fsp3) is 0.333. The highest BCUT2D eigenvalue weighted by Crippen LogP contribution is 2.27. The molecule has 2 aromatic rings. The summed E-state index contributed by atoms with van der Waals surface area (Å²) < 4.78 is 11.0. The monoisotopic (exact) mass is 393 g/mol. The van der Waals surface area contributed by atoms with Crippen molar-refractivity contribution in [2.24, 2.45) is 0 Å². The number of nitrogens with one attached hydrogen (secondary N) is 1. The van der Waals surface area contributed by atoms with Gasteiger partial charge < -0.3 is 14.8 Å². The maximum absolute atomic E-state index is 12.4. The summed E-state index contributed by atoms with van der Waals surface area (Å²) in [5.41, 5.74) is 1.99. The molecule has 0 aliphatic carbocycles. The highest BCUT2D eigenvalue weighted by Gasteiger charge is 2.36. The number of alkyl carbamates (subject to hydrolysis) is 1. The molecule has 1 aliphatic heterocycles. The lowest BCUT2D eigenvalue weighted by Gasteiger charge is -2.26. The zero-order valence-electron chi connectivity index (χ0n) is 17.1. The van der Waals surface area contributed by atoms with Gasteiger partial charge >= 0.3 is 12.1 Å². The van der Waals surface area contributed by atoms with Gasteiger partial charge in [-0.05, 0) is 44.4 Å². The average molecular weight is 393 g/mol. The van der Waals surface area contributed by atoms with E-state index in [2.05, 4.69) is 5.32 Å². The van der Waals surface area contributed by atoms with Crippen LogP contribution in [0.4, 0.5) is 4.79 Å². The van der Waals surface area contributed by atoms with Crippen LogP contribution in [0.3, 0.4) is 0 Å². The summed E-state index contributed by atoms with van der Waals surface area (Å²) in [6, 6.07) is 19.1. The predicted molar refractivity (Wildman–Crippen MR) is 112 cm³/mol. The smallest absolute Gasteiger partial charge is 0.408 e. The standard InChI is InChI=1S/C24H27NO4/c1-24(2,3)29-23(27)25-20(15-18-12-8-5-9-13-18)21-16-19(22(26)28-21)14-17-10-6-4-7-11-17/h4-14,20-21H,15-16H2,1-3H3,(H,25,27)/b19-14+/t20-,21-/m0/s1. The Labute approximate surface area is 171 Å². The Balaban J connectivity index is 1.77. The highest BCUT2D eigenvalue weighted by molar-refractivity contribution is 5.95. The Bertz CT molecular complexity index is 869. The van der Waals surface area contributed by atoms with Crippen molar-refractivity contribution in [2.45, 2.75) is 51.4 Å². The van der Waals surface area contributed by atoms with Crippen LogP contribution in [0.2, 0.25) is 0 Å². The Kier molecular flexibility index (Phi) is 6.37. The van der Waals surface area contributed by atoms with Gasteiger partial charge in [-0.1, -0.05) is 60.7 Å². The van der Waals surface area contributed by atoms with Crippen molar-refractivity contribution < 1.29 is 19.1 Å². The minimum Gasteiger partial charge on any atom is -0.456 e. The molecule has 0 spiro atoms. The molecule has 0 saturated carbocycles. The van der Waals surface area contributed by atoms with E-state index in [9.17, 15) is 9.59 Å². The van der Waals surface area contributed by atoms with E-state index in [1.165, 1.54) is 0 Å². The van der Waals surface area contributed by atoms with Gasteiger partial charge in [-0.3, -0.25) is 0 Å². The zero-order chi connectivity index (χ0) is 20.9. The molecule has 0 aromatic heterocycles. The molecule has 0 radical (unpaired) electrons. The molecule has 1 fully saturated rings. The summed E-state index contributed by atoms with van der Waals surface area (Å²) >= 11 is 0. The van der Waals surface area contributed by atoms with E-state index in [-0.39, 0.29) is 5.97 Å². The average Bonchev–Trinajstić information content (AvgIpc) is 3.02. The molecule has 3 rings (SSSR count). The summed E-state index contributed by atoms with van der Waals surface area (Å²) in [6.07, 6.45) is 1.84. The minimum absolute atomic E-state index is 0.345. The third-order valence-corrected chi connectivity index (χ3v) is 4.53. The molecule has 0 bridgehead atoms. The largest absolute Gasteiger partial charge is 0.456 e. The van der Waals surface area contributed by atoms with Crippen molar-refractivity contribution in [1.82, 2.24) is 5.32 Å². The second-order valence-electron chi connectivity index (χ2n) is 8.17. The molecule has 1 aliphatic rings. The molecule has 1 amide bonds. The van der Waals surface area contributed by atoms with Gasteiger partial charge in [0.05, 0.1) is 6.04 Å². The first kappa shape index (κ1) is 20.6. The SMILES string of the molecule is CC(C)(C)OC(=O)N[C@@H](Cc1ccccc1)[C@@H]1C/C(=C\c2ccccc2)C(=O)O1. The van der Waals surface area contributed by atoms with Crippen LogP contribution in [0, 0.1) is 0 Å². The lowest BCUT2D eigenvalue weighted by Crippen LogP contribution is -2.46. The number of carbonyl (C=O) groups excluding carboxylic acids is 2. The van der Waals surface area contributed by atoms with Crippen LogP contribution in [0.1, 0.15) is 38.3 Å². The molecule has 2 atom stereocenters. The van der Waals surface area contributed by atoms with E-state index in [1.54, 1.807) is 0 Å². The van der Waals surface area contributed by atoms with Gasteiger partial charge in [0, 0.05) is 12.0 Å². The summed E-state index contributed by atoms with van der Waals surface area (Å²) in [6.45, 7) is 5.44. The zero-order valence-corrected chi connectivity index (χ0v) is 17.1. The van der Waals surface area contributed by atoms with Gasteiger partial charge in [0.1, 0.15) is 11.7 Å². The first-order valence-electron chi connectivity index (χ1n) is 9.80. The van der Waals surface area contributed by atoms with Gasteiger partial charge in [0.15, 0.2) is 0 Å². The second kappa shape index (κ2) is 8.95. The van der Waals surface area contributed by atoms with Gasteiger partial charge in [-0.25, -0.2) is 9.59 Å². The van der Waals surface area contributed by atoms with Crippen LogP contribution in [0.5, 0.6) is 0 Å². The van der Waals surface area contributed by atoms with Gasteiger partial charge in [0.25, 0.3) is 0 Å². The molecule has 5 nitrogen and oxygen atoms in total. The van der Waals surface area contributed by atoms with E-state index in [1.807, 2.05) is 87.5 Å². The van der Waals surface area contributed by atoms with Gasteiger partial charge in [0.2, 0.25) is 0 Å². The Morgan fingerprint density at radius 3 is 2.38 bits per heavy atom. The number of rotatable bonds is 5.